The molecular formula is C42H40BNO3. The number of ether oxygens (including phenoxy) is 3. The van der Waals surface area contributed by atoms with Crippen LogP contribution in [0, 0.1) is 0 Å². The lowest BCUT2D eigenvalue weighted by molar-refractivity contribution is 0.320. The molecule has 0 amide bonds. The van der Waals surface area contributed by atoms with E-state index in [4.69, 9.17) is 14.2 Å². The van der Waals surface area contributed by atoms with Gasteiger partial charge >= 0.3 is 0 Å². The lowest BCUT2D eigenvalue weighted by Gasteiger charge is -2.45. The van der Waals surface area contributed by atoms with Crippen LogP contribution < -0.4 is 35.5 Å². The zero-order chi connectivity index (χ0) is 32.5. The fourth-order valence-corrected chi connectivity index (χ4v) is 8.22. The van der Waals surface area contributed by atoms with Crippen molar-refractivity contribution in [3.05, 3.63) is 108 Å². The first-order chi connectivity index (χ1) is 22.4. The molecule has 0 atom stereocenters. The normalized spacial score (nSPS) is 17.4. The van der Waals surface area contributed by atoms with Crippen molar-refractivity contribution in [1.82, 2.24) is 0 Å². The highest BCUT2D eigenvalue weighted by molar-refractivity contribution is 6.98. The van der Waals surface area contributed by atoms with Gasteiger partial charge in [0.05, 0.1) is 17.1 Å². The van der Waals surface area contributed by atoms with Crippen molar-refractivity contribution in [2.75, 3.05) is 4.90 Å². The van der Waals surface area contributed by atoms with Gasteiger partial charge in [-0.3, -0.25) is 0 Å². The van der Waals surface area contributed by atoms with Gasteiger partial charge < -0.3 is 19.1 Å². The van der Waals surface area contributed by atoms with Gasteiger partial charge in [0.1, 0.15) is 23.0 Å². The van der Waals surface area contributed by atoms with E-state index in [0.717, 1.165) is 69.9 Å². The number of hydrogen-bond acceptors (Lipinski definition) is 4. The minimum absolute atomic E-state index is 0.00553. The Morgan fingerprint density at radius 1 is 0.617 bits per heavy atom. The second kappa shape index (κ2) is 9.47. The third-order valence-electron chi connectivity index (χ3n) is 11.0. The second-order valence-electron chi connectivity index (χ2n) is 16.0. The molecule has 4 aliphatic rings. The van der Waals surface area contributed by atoms with Crippen molar-refractivity contribution in [1.29, 1.82) is 0 Å². The van der Waals surface area contributed by atoms with Crippen molar-refractivity contribution >= 4 is 40.2 Å². The molecule has 0 fully saturated rings. The molecule has 4 nitrogen and oxygen atoms in total. The molecule has 5 aromatic carbocycles. The lowest BCUT2D eigenvalue weighted by Crippen LogP contribution is -2.58. The molecular weight excluding hydrogens is 577 g/mol. The van der Waals surface area contributed by atoms with Crippen molar-refractivity contribution in [3.8, 4) is 34.5 Å². The fraction of sp³-hybridized carbons (Fsp3) is 0.286. The summed E-state index contributed by atoms with van der Waals surface area (Å²) >= 11 is 0. The van der Waals surface area contributed by atoms with Crippen LogP contribution in [-0.2, 0) is 16.2 Å². The molecule has 1 aliphatic carbocycles. The van der Waals surface area contributed by atoms with Crippen LogP contribution in [0.4, 0.5) is 17.1 Å². The average molecular weight is 618 g/mol. The van der Waals surface area contributed by atoms with Crippen LogP contribution in [0.3, 0.4) is 0 Å². The Labute approximate surface area is 278 Å². The quantitative estimate of drug-likeness (QED) is 0.172. The molecule has 0 radical (unpaired) electrons. The van der Waals surface area contributed by atoms with Gasteiger partial charge in [-0.25, -0.2) is 0 Å². The molecule has 234 valence electrons. The zero-order valence-electron chi connectivity index (χ0n) is 28.3. The maximum atomic E-state index is 7.10. The van der Waals surface area contributed by atoms with E-state index in [1.165, 1.54) is 27.6 Å². The summed E-state index contributed by atoms with van der Waals surface area (Å²) in [5.41, 5.74) is 10.6. The summed E-state index contributed by atoms with van der Waals surface area (Å²) in [5, 5.41) is 0. The van der Waals surface area contributed by atoms with E-state index < -0.39 is 0 Å². The van der Waals surface area contributed by atoms with Crippen LogP contribution in [0.15, 0.2) is 91.0 Å². The van der Waals surface area contributed by atoms with Gasteiger partial charge in [-0.1, -0.05) is 90.9 Å². The Hall–Kier alpha value is -4.64. The maximum absolute atomic E-state index is 7.10. The van der Waals surface area contributed by atoms with Gasteiger partial charge in [-0.05, 0) is 93.6 Å². The minimum atomic E-state index is -0.0747. The monoisotopic (exact) mass is 617 g/mol. The van der Waals surface area contributed by atoms with Crippen LogP contribution in [0.2, 0.25) is 0 Å². The lowest BCUT2D eigenvalue weighted by atomic mass is 9.34. The summed E-state index contributed by atoms with van der Waals surface area (Å²) in [6.07, 6.45) is 2.29. The number of hydrogen-bond donors (Lipinski definition) is 0. The van der Waals surface area contributed by atoms with E-state index in [0.29, 0.717) is 0 Å². The molecule has 0 N–H and O–H groups in total. The number of anilines is 3. The smallest absolute Gasteiger partial charge is 0.260 e. The Morgan fingerprint density at radius 2 is 1.21 bits per heavy atom. The van der Waals surface area contributed by atoms with Crippen LogP contribution in [0.1, 0.15) is 78.0 Å². The average Bonchev–Trinajstić information content (AvgIpc) is 3.04. The predicted octanol–water partition coefficient (Wildman–Crippen LogP) is 9.64. The standard InChI is InChI=1S/C42H40BNO3/c1-40(2,3)25-22-35-38-36(23-25)47-39-29(19-17-27-37(39)42(6,7)21-20-41(27,4)5)43(38)28-18-16-26(24-34(28)46-35)44-30-12-8-10-14-32(30)45-33-15-11-9-13-31(33)44/h8-19,22-24H,20-21H2,1-7H3. The summed E-state index contributed by atoms with van der Waals surface area (Å²) in [4.78, 5) is 2.28. The minimum Gasteiger partial charge on any atom is -0.458 e. The van der Waals surface area contributed by atoms with Crippen molar-refractivity contribution in [2.24, 2.45) is 0 Å². The number of para-hydroxylation sites is 4. The largest absolute Gasteiger partial charge is 0.458 e. The van der Waals surface area contributed by atoms with Crippen molar-refractivity contribution < 1.29 is 14.2 Å². The van der Waals surface area contributed by atoms with E-state index in [2.05, 4.69) is 120 Å². The van der Waals surface area contributed by atoms with E-state index in [1.54, 1.807) is 0 Å². The van der Waals surface area contributed by atoms with Gasteiger partial charge in [0.25, 0.3) is 6.71 Å². The Balaban J connectivity index is 1.27. The molecule has 47 heavy (non-hydrogen) atoms. The van der Waals surface area contributed by atoms with Gasteiger partial charge in [0.15, 0.2) is 11.5 Å². The SMILES string of the molecule is CC(C)(C)c1cc2c3c(c1)Oc1c(ccc4c1C(C)(C)CCC4(C)C)B3c1ccc(N3c4ccccc4Oc4ccccc43)cc1O2. The first-order valence-corrected chi connectivity index (χ1v) is 16.9. The van der Waals surface area contributed by atoms with Gasteiger partial charge in [0, 0.05) is 17.1 Å². The molecule has 0 unspecified atom stereocenters. The molecule has 5 heteroatoms. The van der Waals surface area contributed by atoms with Crippen molar-refractivity contribution in [2.45, 2.75) is 77.6 Å². The van der Waals surface area contributed by atoms with Crippen LogP contribution >= 0.6 is 0 Å². The van der Waals surface area contributed by atoms with Gasteiger partial charge in [-0.15, -0.1) is 0 Å². The predicted molar refractivity (Wildman–Crippen MR) is 193 cm³/mol. The number of rotatable bonds is 1. The summed E-state index contributed by atoms with van der Waals surface area (Å²) in [7, 11) is 0. The molecule has 0 saturated carbocycles. The second-order valence-corrected chi connectivity index (χ2v) is 16.0. The number of nitrogens with zero attached hydrogens (tertiary/aromatic N) is 1. The summed E-state index contributed by atoms with van der Waals surface area (Å²) in [5.74, 6) is 5.40. The van der Waals surface area contributed by atoms with Gasteiger partial charge in [-0.2, -0.15) is 0 Å². The molecule has 0 bridgehead atoms. The number of benzene rings is 5. The van der Waals surface area contributed by atoms with E-state index in [-0.39, 0.29) is 23.0 Å². The van der Waals surface area contributed by atoms with Crippen LogP contribution in [0.5, 0.6) is 34.5 Å². The van der Waals surface area contributed by atoms with Crippen molar-refractivity contribution in [3.63, 3.8) is 0 Å². The Bertz CT molecular complexity index is 2090. The summed E-state index contributed by atoms with van der Waals surface area (Å²) < 4.78 is 20.3. The van der Waals surface area contributed by atoms with E-state index in [1.807, 2.05) is 24.3 Å². The van der Waals surface area contributed by atoms with E-state index in [9.17, 15) is 0 Å². The maximum Gasteiger partial charge on any atom is 0.260 e. The summed E-state index contributed by atoms with van der Waals surface area (Å²) in [6.45, 7) is 16.3. The highest BCUT2D eigenvalue weighted by Gasteiger charge is 2.46. The first kappa shape index (κ1) is 28.6. The molecule has 5 aromatic rings. The molecule has 0 saturated heterocycles. The van der Waals surface area contributed by atoms with E-state index >= 15 is 0 Å². The first-order valence-electron chi connectivity index (χ1n) is 16.9. The molecule has 3 aliphatic heterocycles. The molecule has 0 aromatic heterocycles. The highest BCUT2D eigenvalue weighted by atomic mass is 16.5. The summed E-state index contributed by atoms with van der Waals surface area (Å²) in [6, 6.07) is 32.4. The Kier molecular flexibility index (Phi) is 5.76. The third-order valence-corrected chi connectivity index (χ3v) is 11.0. The Morgan fingerprint density at radius 3 is 1.89 bits per heavy atom. The fourth-order valence-electron chi connectivity index (χ4n) is 8.22. The third kappa shape index (κ3) is 4.14. The molecule has 3 heterocycles. The zero-order valence-corrected chi connectivity index (χ0v) is 28.3. The molecule has 9 rings (SSSR count). The highest BCUT2D eigenvalue weighted by Crippen LogP contribution is 2.53. The van der Waals surface area contributed by atoms with Gasteiger partial charge in [0.2, 0.25) is 0 Å². The topological polar surface area (TPSA) is 30.9 Å². The molecule has 0 spiro atoms. The van der Waals surface area contributed by atoms with Crippen LogP contribution in [-0.4, -0.2) is 6.71 Å². The van der Waals surface area contributed by atoms with Crippen LogP contribution in [0.25, 0.3) is 0 Å². The number of fused-ring (bicyclic) bond motifs is 8.